The number of amides is 1. The number of nitrogens with one attached hydrogen (secondary N) is 1. The summed E-state index contributed by atoms with van der Waals surface area (Å²) in [5, 5.41) is 3.05. The predicted molar refractivity (Wildman–Crippen MR) is 106 cm³/mol. The van der Waals surface area contributed by atoms with Crippen LogP contribution in [-0.4, -0.2) is 30.3 Å². The summed E-state index contributed by atoms with van der Waals surface area (Å²) < 4.78 is 43.8. The number of aromatic nitrogens is 1. The van der Waals surface area contributed by atoms with Gasteiger partial charge in [-0.1, -0.05) is 23.2 Å². The van der Waals surface area contributed by atoms with E-state index >= 15 is 0 Å². The van der Waals surface area contributed by atoms with Gasteiger partial charge in [0.25, 0.3) is 0 Å². The molecule has 156 valence electrons. The first kappa shape index (κ1) is 21.5. The number of anilines is 2. The largest absolute Gasteiger partial charge is 0.447 e. The van der Waals surface area contributed by atoms with Gasteiger partial charge in [-0.3, -0.25) is 5.32 Å². The number of carbonyl (C=O) groups excluding carboxylic acids is 1. The highest BCUT2D eigenvalue weighted by Gasteiger charge is 2.33. The normalized spacial score (nSPS) is 17.1. The third-order valence-corrected chi connectivity index (χ3v) is 5.08. The van der Waals surface area contributed by atoms with Crippen LogP contribution < -0.4 is 10.2 Å². The highest BCUT2D eigenvalue weighted by Crippen LogP contribution is 2.35. The standard InChI is InChI=1S/C19H18Cl2F3N3O2/c20-13-4-6-14(7-5-13)26-18(28)29-11-15-3-1-2-8-27(15)17-16(21)9-12(10-25-17)19(22,23)24/h4-7,9-10,15H,1-3,8,11H2,(H,26,28)/t15-/m0/s1. The lowest BCUT2D eigenvalue weighted by atomic mass is 10.0. The van der Waals surface area contributed by atoms with Crippen molar-refractivity contribution >= 4 is 40.8 Å². The number of ether oxygens (including phenoxy) is 1. The summed E-state index contributed by atoms with van der Waals surface area (Å²) in [6.45, 7) is 0.614. The van der Waals surface area contributed by atoms with Gasteiger partial charge in [-0.05, 0) is 49.6 Å². The molecule has 1 fully saturated rings. The van der Waals surface area contributed by atoms with Gasteiger partial charge >= 0.3 is 12.3 Å². The topological polar surface area (TPSA) is 54.5 Å². The minimum absolute atomic E-state index is 0.0540. The van der Waals surface area contributed by atoms with Crippen LogP contribution in [0.4, 0.5) is 29.5 Å². The van der Waals surface area contributed by atoms with E-state index in [0.29, 0.717) is 23.7 Å². The maximum atomic E-state index is 12.8. The van der Waals surface area contributed by atoms with Gasteiger partial charge in [-0.15, -0.1) is 0 Å². The Kier molecular flexibility index (Phi) is 6.74. The van der Waals surface area contributed by atoms with Gasteiger partial charge < -0.3 is 9.64 Å². The number of alkyl halides is 3. The monoisotopic (exact) mass is 447 g/mol. The Bertz CT molecular complexity index is 863. The van der Waals surface area contributed by atoms with Crippen LogP contribution >= 0.6 is 23.2 Å². The van der Waals surface area contributed by atoms with E-state index in [1.54, 1.807) is 29.2 Å². The summed E-state index contributed by atoms with van der Waals surface area (Å²) in [4.78, 5) is 17.8. The Morgan fingerprint density at radius 3 is 2.62 bits per heavy atom. The number of rotatable bonds is 4. The van der Waals surface area contributed by atoms with Crippen molar-refractivity contribution < 1.29 is 22.7 Å². The summed E-state index contributed by atoms with van der Waals surface area (Å²) >= 11 is 11.9. The fraction of sp³-hybridized carbons (Fsp3) is 0.368. The van der Waals surface area contributed by atoms with Crippen molar-refractivity contribution in [2.45, 2.75) is 31.5 Å². The van der Waals surface area contributed by atoms with E-state index in [-0.39, 0.29) is 23.5 Å². The quantitative estimate of drug-likeness (QED) is 0.622. The molecule has 2 heterocycles. The van der Waals surface area contributed by atoms with Crippen LogP contribution in [0.3, 0.4) is 0 Å². The average Bonchev–Trinajstić information content (AvgIpc) is 2.68. The van der Waals surface area contributed by atoms with E-state index < -0.39 is 17.8 Å². The molecule has 1 aromatic carbocycles. The van der Waals surface area contributed by atoms with Crippen molar-refractivity contribution in [3.63, 3.8) is 0 Å². The third-order valence-electron chi connectivity index (χ3n) is 4.55. The van der Waals surface area contributed by atoms with Crippen LogP contribution in [0.25, 0.3) is 0 Å². The molecule has 2 aromatic rings. The Morgan fingerprint density at radius 2 is 1.97 bits per heavy atom. The second kappa shape index (κ2) is 9.09. The lowest BCUT2D eigenvalue weighted by Gasteiger charge is -2.36. The molecule has 10 heteroatoms. The zero-order valence-corrected chi connectivity index (χ0v) is 16.7. The van der Waals surface area contributed by atoms with Crippen LogP contribution in [0.1, 0.15) is 24.8 Å². The highest BCUT2D eigenvalue weighted by molar-refractivity contribution is 6.33. The third kappa shape index (κ3) is 5.67. The summed E-state index contributed by atoms with van der Waals surface area (Å²) in [5.74, 6) is 0.256. The van der Waals surface area contributed by atoms with Crippen molar-refractivity contribution in [2.24, 2.45) is 0 Å². The minimum Gasteiger partial charge on any atom is -0.447 e. The summed E-state index contributed by atoms with van der Waals surface area (Å²) in [7, 11) is 0. The van der Waals surface area contributed by atoms with Crippen molar-refractivity contribution in [2.75, 3.05) is 23.4 Å². The number of carbonyl (C=O) groups is 1. The predicted octanol–water partition coefficient (Wildman–Crippen LogP) is 6.01. The van der Waals surface area contributed by atoms with Crippen molar-refractivity contribution in [3.8, 4) is 0 Å². The fourth-order valence-electron chi connectivity index (χ4n) is 3.11. The Morgan fingerprint density at radius 1 is 1.24 bits per heavy atom. The maximum absolute atomic E-state index is 12.8. The summed E-state index contributed by atoms with van der Waals surface area (Å²) in [6.07, 6.45) is -1.94. The molecule has 1 saturated heterocycles. The number of piperidine rings is 1. The SMILES string of the molecule is O=C(Nc1ccc(Cl)cc1)OC[C@@H]1CCCCN1c1ncc(C(F)(F)F)cc1Cl. The molecule has 0 saturated carbocycles. The molecule has 1 atom stereocenters. The molecule has 1 N–H and O–H groups in total. The van der Waals surface area contributed by atoms with E-state index in [1.807, 2.05) is 0 Å². The number of pyridine rings is 1. The number of halogens is 5. The first-order valence-electron chi connectivity index (χ1n) is 8.93. The highest BCUT2D eigenvalue weighted by atomic mass is 35.5. The smallest absolute Gasteiger partial charge is 0.417 e. The number of hydrogen-bond acceptors (Lipinski definition) is 4. The second-order valence-corrected chi connectivity index (χ2v) is 7.44. The van der Waals surface area contributed by atoms with Gasteiger partial charge in [-0.25, -0.2) is 9.78 Å². The average molecular weight is 448 g/mol. The van der Waals surface area contributed by atoms with Gasteiger partial charge in [-0.2, -0.15) is 13.2 Å². The lowest BCUT2D eigenvalue weighted by molar-refractivity contribution is -0.137. The van der Waals surface area contributed by atoms with Crippen LogP contribution in [-0.2, 0) is 10.9 Å². The Hall–Kier alpha value is -2.19. The van der Waals surface area contributed by atoms with E-state index in [4.69, 9.17) is 27.9 Å². The van der Waals surface area contributed by atoms with E-state index in [9.17, 15) is 18.0 Å². The first-order chi connectivity index (χ1) is 13.7. The minimum atomic E-state index is -4.51. The summed E-state index contributed by atoms with van der Waals surface area (Å²) in [6, 6.07) is 7.19. The fourth-order valence-corrected chi connectivity index (χ4v) is 3.51. The molecule has 0 spiro atoms. The van der Waals surface area contributed by atoms with Crippen LogP contribution in [0, 0.1) is 0 Å². The van der Waals surface area contributed by atoms with Crippen molar-refractivity contribution in [3.05, 3.63) is 52.1 Å². The maximum Gasteiger partial charge on any atom is 0.417 e. The molecule has 1 aromatic heterocycles. The van der Waals surface area contributed by atoms with Crippen molar-refractivity contribution in [1.82, 2.24) is 4.98 Å². The zero-order valence-electron chi connectivity index (χ0n) is 15.2. The van der Waals surface area contributed by atoms with E-state index in [1.165, 1.54) is 0 Å². The summed E-state index contributed by atoms with van der Waals surface area (Å²) in [5.41, 5.74) is -0.370. The molecule has 1 amide bonds. The zero-order chi connectivity index (χ0) is 21.0. The molecule has 1 aliphatic rings. The van der Waals surface area contributed by atoms with Crippen LogP contribution in [0.15, 0.2) is 36.5 Å². The molecule has 0 radical (unpaired) electrons. The van der Waals surface area contributed by atoms with Crippen molar-refractivity contribution in [1.29, 1.82) is 0 Å². The molecule has 1 aliphatic heterocycles. The van der Waals surface area contributed by atoms with Gasteiger partial charge in [0, 0.05) is 23.5 Å². The Labute approximate surface area is 175 Å². The molecule has 0 bridgehead atoms. The van der Waals surface area contributed by atoms with Gasteiger partial charge in [0.2, 0.25) is 0 Å². The molecule has 0 unspecified atom stereocenters. The molecule has 0 aliphatic carbocycles. The molecule has 5 nitrogen and oxygen atoms in total. The van der Waals surface area contributed by atoms with E-state index in [0.717, 1.165) is 25.1 Å². The number of benzene rings is 1. The second-order valence-electron chi connectivity index (χ2n) is 6.60. The van der Waals surface area contributed by atoms with Crippen LogP contribution in [0.2, 0.25) is 10.0 Å². The number of nitrogens with zero attached hydrogens (tertiary/aromatic N) is 2. The van der Waals surface area contributed by atoms with Gasteiger partial charge in [0.05, 0.1) is 16.6 Å². The first-order valence-corrected chi connectivity index (χ1v) is 9.68. The van der Waals surface area contributed by atoms with Crippen LogP contribution in [0.5, 0.6) is 0 Å². The number of hydrogen-bond donors (Lipinski definition) is 1. The molecule has 29 heavy (non-hydrogen) atoms. The molecular weight excluding hydrogens is 430 g/mol. The van der Waals surface area contributed by atoms with Gasteiger partial charge in [0.15, 0.2) is 0 Å². The lowest BCUT2D eigenvalue weighted by Crippen LogP contribution is -2.44. The van der Waals surface area contributed by atoms with Gasteiger partial charge in [0.1, 0.15) is 12.4 Å². The Balaban J connectivity index is 1.65. The molecular formula is C19H18Cl2F3N3O2. The molecule has 3 rings (SSSR count). The van der Waals surface area contributed by atoms with E-state index in [2.05, 4.69) is 10.3 Å².